The fourth-order valence-corrected chi connectivity index (χ4v) is 4.10. The predicted octanol–water partition coefficient (Wildman–Crippen LogP) is 2.40. The first-order valence-corrected chi connectivity index (χ1v) is 7.69. The van der Waals surface area contributed by atoms with E-state index in [9.17, 15) is 4.79 Å². The Morgan fingerprint density at radius 2 is 2.00 bits per heavy atom. The van der Waals surface area contributed by atoms with Crippen LogP contribution in [-0.4, -0.2) is 21.9 Å². The summed E-state index contributed by atoms with van der Waals surface area (Å²) < 4.78 is 0. The van der Waals surface area contributed by atoms with Gasteiger partial charge in [-0.05, 0) is 43.2 Å². The molecule has 0 spiro atoms. The molecule has 5 nitrogen and oxygen atoms in total. The lowest BCUT2D eigenvalue weighted by atomic mass is 9.84. The van der Waals surface area contributed by atoms with Gasteiger partial charge in [0.25, 0.3) is 0 Å². The maximum Gasteiger partial charge on any atom is 0.225 e. The number of aromatic nitrogens is 2. The van der Waals surface area contributed by atoms with Crippen molar-refractivity contribution in [1.29, 1.82) is 0 Å². The number of rotatable bonds is 3. The lowest BCUT2D eigenvalue weighted by Crippen LogP contribution is -2.45. The Balaban J connectivity index is 0.000000960. The molecule has 2 aliphatic carbocycles. The van der Waals surface area contributed by atoms with Gasteiger partial charge in [0, 0.05) is 6.04 Å². The van der Waals surface area contributed by atoms with Crippen molar-refractivity contribution in [2.45, 2.75) is 31.8 Å². The summed E-state index contributed by atoms with van der Waals surface area (Å²) in [6.07, 6.45) is 3.48. The van der Waals surface area contributed by atoms with E-state index in [4.69, 9.17) is 5.73 Å². The van der Waals surface area contributed by atoms with Crippen LogP contribution in [0, 0.1) is 17.8 Å². The van der Waals surface area contributed by atoms with E-state index in [2.05, 4.69) is 15.3 Å². The lowest BCUT2D eigenvalue weighted by Gasteiger charge is -2.26. The Labute approximate surface area is 147 Å². The summed E-state index contributed by atoms with van der Waals surface area (Å²) in [6.45, 7) is 0.439. The van der Waals surface area contributed by atoms with Gasteiger partial charge in [-0.2, -0.15) is 0 Å². The molecule has 2 saturated carbocycles. The number of nitrogens with zero attached hydrogens (tertiary/aromatic N) is 1. The number of carbonyl (C=O) groups excluding carboxylic acids is 1. The first-order chi connectivity index (χ1) is 10.2. The molecule has 1 heterocycles. The van der Waals surface area contributed by atoms with Gasteiger partial charge in [-0.25, -0.2) is 4.98 Å². The van der Waals surface area contributed by atoms with Crippen molar-refractivity contribution in [3.05, 3.63) is 30.1 Å². The molecule has 4 atom stereocenters. The number of H-pyrrole nitrogens is 1. The maximum absolute atomic E-state index is 12.4. The van der Waals surface area contributed by atoms with E-state index in [1.54, 1.807) is 0 Å². The highest BCUT2D eigenvalue weighted by molar-refractivity contribution is 5.85. The third-order valence-corrected chi connectivity index (χ3v) is 5.15. The number of amides is 1. The number of imidazole rings is 1. The van der Waals surface area contributed by atoms with Crippen LogP contribution in [0.5, 0.6) is 0 Å². The smallest absolute Gasteiger partial charge is 0.225 e. The molecule has 4 N–H and O–H groups in total. The first-order valence-electron chi connectivity index (χ1n) is 7.69. The highest BCUT2D eigenvalue weighted by Gasteiger charge is 2.48. The van der Waals surface area contributed by atoms with Crippen LogP contribution in [0.2, 0.25) is 0 Å². The van der Waals surface area contributed by atoms with Gasteiger partial charge in [-0.1, -0.05) is 12.1 Å². The van der Waals surface area contributed by atoms with E-state index in [1.165, 1.54) is 6.42 Å². The molecule has 23 heavy (non-hydrogen) atoms. The molecule has 2 aliphatic rings. The van der Waals surface area contributed by atoms with Crippen LogP contribution < -0.4 is 11.1 Å². The van der Waals surface area contributed by atoms with Crippen molar-refractivity contribution in [1.82, 2.24) is 15.3 Å². The van der Waals surface area contributed by atoms with Crippen LogP contribution in [0.15, 0.2) is 24.3 Å². The van der Waals surface area contributed by atoms with Gasteiger partial charge in [-0.15, -0.1) is 24.8 Å². The fraction of sp³-hybridized carbons (Fsp3) is 0.500. The number of benzene rings is 1. The molecule has 126 valence electrons. The van der Waals surface area contributed by atoms with E-state index in [0.29, 0.717) is 18.4 Å². The Bertz CT molecular complexity index is 655. The minimum absolute atomic E-state index is 0. The standard InChI is InChI=1S/C16H20N4O.2ClH/c17-15-10-6-5-9(7-10)14(15)16(21)18-8-13-19-11-3-1-2-4-12(11)20-13;;/h1-4,9-10,14-15H,5-8,17H2,(H,18,21)(H,19,20);2*1H. The zero-order chi connectivity index (χ0) is 14.4. The topological polar surface area (TPSA) is 83.8 Å². The molecular formula is C16H22Cl2N4O. The zero-order valence-electron chi connectivity index (χ0n) is 12.7. The molecule has 1 aromatic heterocycles. The van der Waals surface area contributed by atoms with Crippen molar-refractivity contribution in [2.75, 3.05) is 0 Å². The normalized spacial score (nSPS) is 28.2. The fourth-order valence-electron chi connectivity index (χ4n) is 4.10. The second kappa shape index (κ2) is 7.07. The SMILES string of the molecule is Cl.Cl.NC1C2CCC(C2)C1C(=O)NCc1nc2ccccc2[nH]1. The molecular weight excluding hydrogens is 335 g/mol. The zero-order valence-corrected chi connectivity index (χ0v) is 14.3. The van der Waals surface area contributed by atoms with Gasteiger partial charge in [0.2, 0.25) is 5.91 Å². The predicted molar refractivity (Wildman–Crippen MR) is 94.7 cm³/mol. The number of nitrogens with two attached hydrogens (primary N) is 1. The largest absolute Gasteiger partial charge is 0.349 e. The van der Waals surface area contributed by atoms with Gasteiger partial charge in [0.05, 0.1) is 23.5 Å². The summed E-state index contributed by atoms with van der Waals surface area (Å²) in [5, 5.41) is 3.00. The van der Waals surface area contributed by atoms with E-state index in [0.717, 1.165) is 29.7 Å². The average molecular weight is 357 g/mol. The molecule has 0 aliphatic heterocycles. The van der Waals surface area contributed by atoms with E-state index < -0.39 is 0 Å². The monoisotopic (exact) mass is 356 g/mol. The summed E-state index contributed by atoms with van der Waals surface area (Å²) in [5.74, 6) is 1.92. The Hall–Kier alpha value is -1.30. The van der Waals surface area contributed by atoms with Crippen LogP contribution in [0.1, 0.15) is 25.1 Å². The molecule has 4 unspecified atom stereocenters. The van der Waals surface area contributed by atoms with Crippen LogP contribution in [-0.2, 0) is 11.3 Å². The summed E-state index contributed by atoms with van der Waals surface area (Å²) in [6, 6.07) is 7.92. The Morgan fingerprint density at radius 1 is 1.26 bits per heavy atom. The third-order valence-electron chi connectivity index (χ3n) is 5.15. The highest BCUT2D eigenvalue weighted by atomic mass is 35.5. The summed E-state index contributed by atoms with van der Waals surface area (Å²) in [5.41, 5.74) is 8.14. The molecule has 2 fully saturated rings. The van der Waals surface area contributed by atoms with Crippen molar-refractivity contribution in [3.8, 4) is 0 Å². The number of nitrogens with one attached hydrogen (secondary N) is 2. The number of para-hydroxylation sites is 2. The molecule has 1 amide bonds. The van der Waals surface area contributed by atoms with Crippen LogP contribution in [0.3, 0.4) is 0 Å². The number of hydrogen-bond donors (Lipinski definition) is 3. The third kappa shape index (κ3) is 3.18. The molecule has 0 radical (unpaired) electrons. The Kier molecular flexibility index (Phi) is 5.55. The lowest BCUT2D eigenvalue weighted by molar-refractivity contribution is -0.127. The first kappa shape index (κ1) is 18.0. The van der Waals surface area contributed by atoms with Crippen molar-refractivity contribution in [3.63, 3.8) is 0 Å². The van der Waals surface area contributed by atoms with Gasteiger partial charge < -0.3 is 16.0 Å². The van der Waals surface area contributed by atoms with E-state index >= 15 is 0 Å². The highest BCUT2D eigenvalue weighted by Crippen LogP contribution is 2.47. The molecule has 1 aromatic carbocycles. The second-order valence-electron chi connectivity index (χ2n) is 6.35. The van der Waals surface area contributed by atoms with E-state index in [-0.39, 0.29) is 42.7 Å². The molecule has 2 aromatic rings. The van der Waals surface area contributed by atoms with Crippen molar-refractivity contribution >= 4 is 41.8 Å². The van der Waals surface area contributed by atoms with Crippen molar-refractivity contribution in [2.24, 2.45) is 23.5 Å². The van der Waals surface area contributed by atoms with Crippen LogP contribution in [0.4, 0.5) is 0 Å². The minimum Gasteiger partial charge on any atom is -0.349 e. The van der Waals surface area contributed by atoms with Crippen molar-refractivity contribution < 1.29 is 4.79 Å². The Morgan fingerprint density at radius 3 is 2.70 bits per heavy atom. The summed E-state index contributed by atoms with van der Waals surface area (Å²) >= 11 is 0. The quantitative estimate of drug-likeness (QED) is 0.789. The minimum atomic E-state index is -0.00636. The van der Waals surface area contributed by atoms with E-state index in [1.807, 2.05) is 24.3 Å². The number of hydrogen-bond acceptors (Lipinski definition) is 3. The molecule has 0 saturated heterocycles. The number of halogens is 2. The summed E-state index contributed by atoms with van der Waals surface area (Å²) in [4.78, 5) is 20.1. The van der Waals surface area contributed by atoms with Crippen LogP contribution >= 0.6 is 24.8 Å². The molecule has 7 heteroatoms. The number of carbonyl (C=O) groups is 1. The average Bonchev–Trinajstić information content (AvgIpc) is 3.17. The maximum atomic E-state index is 12.4. The van der Waals surface area contributed by atoms with Gasteiger partial charge in [0.1, 0.15) is 5.82 Å². The van der Waals surface area contributed by atoms with Crippen LogP contribution in [0.25, 0.3) is 11.0 Å². The van der Waals surface area contributed by atoms with Gasteiger partial charge >= 0.3 is 0 Å². The second-order valence-corrected chi connectivity index (χ2v) is 6.35. The number of aromatic amines is 1. The summed E-state index contributed by atoms with van der Waals surface area (Å²) in [7, 11) is 0. The molecule has 4 rings (SSSR count). The van der Waals surface area contributed by atoms with Gasteiger partial charge in [0.15, 0.2) is 0 Å². The molecule has 2 bridgehead atoms. The van der Waals surface area contributed by atoms with Gasteiger partial charge in [-0.3, -0.25) is 4.79 Å². The number of fused-ring (bicyclic) bond motifs is 3.